The van der Waals surface area contributed by atoms with Crippen molar-refractivity contribution in [1.82, 2.24) is 0 Å². The summed E-state index contributed by atoms with van der Waals surface area (Å²) in [5, 5.41) is 0. The Morgan fingerprint density at radius 3 is 0.714 bits per heavy atom. The molecule has 0 spiro atoms. The predicted octanol–water partition coefficient (Wildman–Crippen LogP) is 6.30. The van der Waals surface area contributed by atoms with E-state index in [1.54, 1.807) is 0 Å². The zero-order chi connectivity index (χ0) is 12.4. The van der Waals surface area contributed by atoms with Crippen molar-refractivity contribution in [2.75, 3.05) is 0 Å². The van der Waals surface area contributed by atoms with Gasteiger partial charge in [-0.3, -0.25) is 0 Å². The third-order valence-corrected chi connectivity index (χ3v) is 1.73. The molecule has 92 valence electrons. The van der Waals surface area contributed by atoms with Crippen molar-refractivity contribution >= 4 is 0 Å². The molecular formula is C14H36. The quantitative estimate of drug-likeness (QED) is 0.506. The summed E-state index contributed by atoms with van der Waals surface area (Å²) >= 11 is 0. The lowest BCUT2D eigenvalue weighted by atomic mass is 10.0. The van der Waals surface area contributed by atoms with Gasteiger partial charge in [-0.15, -0.1) is 0 Å². The summed E-state index contributed by atoms with van der Waals surface area (Å²) in [6.45, 7) is 19.0. The van der Waals surface area contributed by atoms with Gasteiger partial charge in [-0.2, -0.15) is 0 Å². The van der Waals surface area contributed by atoms with E-state index in [1.807, 2.05) is 27.7 Å². The summed E-state index contributed by atoms with van der Waals surface area (Å²) < 4.78 is 0. The van der Waals surface area contributed by atoms with E-state index in [0.29, 0.717) is 0 Å². The lowest BCUT2D eigenvalue weighted by Gasteiger charge is -2.05. The average Bonchev–Trinajstić information content (AvgIpc) is 2.27. The first-order chi connectivity index (χ1) is 6.76. The summed E-state index contributed by atoms with van der Waals surface area (Å²) in [6, 6.07) is 0. The van der Waals surface area contributed by atoms with E-state index < -0.39 is 0 Å². The molecule has 0 amide bonds. The Labute approximate surface area is 94.5 Å². The zero-order valence-electron chi connectivity index (χ0n) is 12.4. The Morgan fingerprint density at radius 2 is 0.714 bits per heavy atom. The van der Waals surface area contributed by atoms with E-state index in [1.165, 1.54) is 25.7 Å². The van der Waals surface area contributed by atoms with Gasteiger partial charge in [-0.05, 0) is 5.92 Å². The monoisotopic (exact) mass is 204 g/mol. The molecule has 0 nitrogen and oxygen atoms in total. The highest BCUT2D eigenvalue weighted by Crippen LogP contribution is 2.09. The molecule has 0 rings (SSSR count). The first kappa shape index (κ1) is 23.7. The van der Waals surface area contributed by atoms with Gasteiger partial charge >= 0.3 is 0 Å². The second kappa shape index (κ2) is 38.2. The van der Waals surface area contributed by atoms with Crippen molar-refractivity contribution in [3.8, 4) is 0 Å². The van der Waals surface area contributed by atoms with Gasteiger partial charge in [0.2, 0.25) is 0 Å². The number of hydrogen-bond donors (Lipinski definition) is 0. The number of hydrogen-bond acceptors (Lipinski definition) is 0. The van der Waals surface area contributed by atoms with Crippen molar-refractivity contribution in [3.63, 3.8) is 0 Å². The Morgan fingerprint density at radius 1 is 0.571 bits per heavy atom. The van der Waals surface area contributed by atoms with Gasteiger partial charge in [0.05, 0.1) is 0 Å². The first-order valence-electron chi connectivity index (χ1n) is 6.76. The van der Waals surface area contributed by atoms with Crippen LogP contribution in [0.1, 0.15) is 88.0 Å². The third-order valence-electron chi connectivity index (χ3n) is 1.73. The van der Waals surface area contributed by atoms with Crippen molar-refractivity contribution in [3.05, 3.63) is 0 Å². The van der Waals surface area contributed by atoms with Crippen molar-refractivity contribution in [1.29, 1.82) is 0 Å². The number of rotatable bonds is 3. The molecule has 0 bridgehead atoms. The molecule has 0 N–H and O–H groups in total. The fraction of sp³-hybridized carbons (Fsp3) is 1.00. The lowest BCUT2D eigenvalue weighted by Crippen LogP contribution is -1.91. The molecule has 0 fully saturated rings. The topological polar surface area (TPSA) is 0 Å². The van der Waals surface area contributed by atoms with Crippen LogP contribution in [-0.4, -0.2) is 0 Å². The van der Waals surface area contributed by atoms with Gasteiger partial charge in [0.25, 0.3) is 0 Å². The van der Waals surface area contributed by atoms with Crippen molar-refractivity contribution < 1.29 is 0 Å². The van der Waals surface area contributed by atoms with E-state index in [0.717, 1.165) is 5.92 Å². The van der Waals surface area contributed by atoms with Gasteiger partial charge in [-0.1, -0.05) is 88.0 Å². The maximum atomic E-state index is 2.26. The predicted molar refractivity (Wildman–Crippen MR) is 73.0 cm³/mol. The largest absolute Gasteiger partial charge is 0.0683 e. The SMILES string of the molecule is CC.CC.CCC.CCC(CC)CC. The molecule has 0 atom stereocenters. The lowest BCUT2D eigenvalue weighted by molar-refractivity contribution is 0.477. The van der Waals surface area contributed by atoms with Gasteiger partial charge in [0.1, 0.15) is 0 Å². The van der Waals surface area contributed by atoms with Gasteiger partial charge < -0.3 is 0 Å². The second-order valence-corrected chi connectivity index (χ2v) is 2.80. The van der Waals surface area contributed by atoms with Crippen LogP contribution in [-0.2, 0) is 0 Å². The Kier molecular flexibility index (Phi) is 64.6. The first-order valence-corrected chi connectivity index (χ1v) is 6.76. The van der Waals surface area contributed by atoms with Crippen molar-refractivity contribution in [2.24, 2.45) is 5.92 Å². The molecule has 0 radical (unpaired) electrons. The van der Waals surface area contributed by atoms with E-state index >= 15 is 0 Å². The Hall–Kier alpha value is 0. The Bertz CT molecular complexity index is 29.8. The van der Waals surface area contributed by atoms with E-state index in [4.69, 9.17) is 0 Å². The van der Waals surface area contributed by atoms with Crippen LogP contribution < -0.4 is 0 Å². The van der Waals surface area contributed by atoms with Crippen molar-refractivity contribution in [2.45, 2.75) is 88.0 Å². The molecule has 0 aliphatic heterocycles. The molecule has 0 unspecified atom stereocenters. The third kappa shape index (κ3) is 40.3. The van der Waals surface area contributed by atoms with E-state index in [-0.39, 0.29) is 0 Å². The molecule has 0 aromatic rings. The smallest absolute Gasteiger partial charge is 0.0422 e. The highest BCUT2D eigenvalue weighted by Gasteiger charge is 1.95. The highest BCUT2D eigenvalue weighted by atomic mass is 14.0. The van der Waals surface area contributed by atoms with Crippen LogP contribution in [0.4, 0.5) is 0 Å². The minimum absolute atomic E-state index is 0.986. The molecule has 0 aliphatic rings. The Balaban J connectivity index is -0.0000000603. The van der Waals surface area contributed by atoms with E-state index in [2.05, 4.69) is 34.6 Å². The van der Waals surface area contributed by atoms with Crippen LogP contribution >= 0.6 is 0 Å². The van der Waals surface area contributed by atoms with Crippen LogP contribution in [0.5, 0.6) is 0 Å². The molecule has 0 saturated carbocycles. The summed E-state index contributed by atoms with van der Waals surface area (Å²) in [6.07, 6.45) is 5.31. The summed E-state index contributed by atoms with van der Waals surface area (Å²) in [7, 11) is 0. The summed E-state index contributed by atoms with van der Waals surface area (Å²) in [4.78, 5) is 0. The fourth-order valence-corrected chi connectivity index (χ4v) is 0.866. The zero-order valence-corrected chi connectivity index (χ0v) is 12.4. The molecule has 0 saturated heterocycles. The van der Waals surface area contributed by atoms with Gasteiger partial charge in [-0.25, -0.2) is 0 Å². The average molecular weight is 204 g/mol. The van der Waals surface area contributed by atoms with Crippen LogP contribution in [0, 0.1) is 5.92 Å². The summed E-state index contributed by atoms with van der Waals surface area (Å²) in [5.74, 6) is 0.986. The van der Waals surface area contributed by atoms with Gasteiger partial charge in [0, 0.05) is 0 Å². The molecule has 0 aliphatic carbocycles. The maximum Gasteiger partial charge on any atom is -0.0422 e. The highest BCUT2D eigenvalue weighted by molar-refractivity contribution is 4.48. The fourth-order valence-electron chi connectivity index (χ4n) is 0.866. The molecule has 14 heavy (non-hydrogen) atoms. The van der Waals surface area contributed by atoms with Crippen LogP contribution in [0.2, 0.25) is 0 Å². The molecule has 0 aromatic heterocycles. The second-order valence-electron chi connectivity index (χ2n) is 2.80. The molecule has 0 heteroatoms. The molecule has 0 aromatic carbocycles. The van der Waals surface area contributed by atoms with Gasteiger partial charge in [0.15, 0.2) is 0 Å². The standard InChI is InChI=1S/C7H16.C3H8.2C2H6/c1-4-7(5-2)6-3;1-3-2;2*1-2/h7H,4-6H2,1-3H3;3H2,1-2H3;2*1-2H3. The minimum Gasteiger partial charge on any atom is -0.0683 e. The normalized spacial score (nSPS) is 7.29. The van der Waals surface area contributed by atoms with Crippen LogP contribution in [0.3, 0.4) is 0 Å². The summed E-state index contributed by atoms with van der Waals surface area (Å²) in [5.41, 5.74) is 0. The maximum absolute atomic E-state index is 2.26. The minimum atomic E-state index is 0.986. The molecule has 0 heterocycles. The van der Waals surface area contributed by atoms with E-state index in [9.17, 15) is 0 Å². The van der Waals surface area contributed by atoms with Crippen LogP contribution in [0.25, 0.3) is 0 Å². The van der Waals surface area contributed by atoms with Crippen LogP contribution in [0.15, 0.2) is 0 Å². The molecular weight excluding hydrogens is 168 g/mol.